The van der Waals surface area contributed by atoms with Gasteiger partial charge in [0.2, 0.25) is 0 Å². The van der Waals surface area contributed by atoms with Crippen molar-refractivity contribution >= 4 is 15.9 Å². The minimum Gasteiger partial charge on any atom is -0.107 e. The maximum atomic E-state index is 3.73. The zero-order valence-electron chi connectivity index (χ0n) is 9.28. The Balaban J connectivity index is 3.46. The van der Waals surface area contributed by atoms with E-state index < -0.39 is 0 Å². The summed E-state index contributed by atoms with van der Waals surface area (Å²) < 4.78 is 0. The van der Waals surface area contributed by atoms with Crippen LogP contribution in [0.4, 0.5) is 0 Å². The van der Waals surface area contributed by atoms with E-state index in [1.807, 2.05) is 6.92 Å². The Morgan fingerprint density at radius 3 is 2.31 bits per heavy atom. The van der Waals surface area contributed by atoms with Crippen molar-refractivity contribution in [2.75, 3.05) is 0 Å². The highest BCUT2D eigenvalue weighted by Crippen LogP contribution is 2.29. The fourth-order valence-corrected chi connectivity index (χ4v) is 1.42. The molecule has 1 unspecified atom stereocenters. The molecule has 1 heteroatoms. The van der Waals surface area contributed by atoms with E-state index >= 15 is 0 Å². The van der Waals surface area contributed by atoms with Crippen LogP contribution in [-0.4, -0.2) is 4.83 Å². The van der Waals surface area contributed by atoms with Gasteiger partial charge in [0, 0.05) is 11.2 Å². The van der Waals surface area contributed by atoms with Crippen LogP contribution in [0.1, 0.15) is 53.4 Å². The van der Waals surface area contributed by atoms with Crippen molar-refractivity contribution in [2.24, 2.45) is 5.41 Å². The molecule has 0 saturated carbocycles. The van der Waals surface area contributed by atoms with Crippen LogP contribution in [0.3, 0.4) is 0 Å². The lowest BCUT2D eigenvalue weighted by molar-refractivity contribution is 0.378. The molecule has 0 aromatic carbocycles. The summed E-state index contributed by atoms with van der Waals surface area (Å²) in [6, 6.07) is 0. The summed E-state index contributed by atoms with van der Waals surface area (Å²) in [5, 5.41) is 0. The van der Waals surface area contributed by atoms with Gasteiger partial charge in [-0.25, -0.2) is 0 Å². The molecule has 0 rings (SSSR count). The van der Waals surface area contributed by atoms with Gasteiger partial charge in [-0.1, -0.05) is 43.1 Å². The SMILES string of the molecule is CC#CCCCCC(Br)C(C)(C)C. The van der Waals surface area contributed by atoms with E-state index in [0.717, 1.165) is 6.42 Å². The predicted octanol–water partition coefficient (Wildman–Crippen LogP) is 4.38. The van der Waals surface area contributed by atoms with Crippen LogP contribution < -0.4 is 0 Å². The fourth-order valence-electron chi connectivity index (χ4n) is 1.09. The third-order valence-corrected chi connectivity index (χ3v) is 3.96. The molecule has 13 heavy (non-hydrogen) atoms. The van der Waals surface area contributed by atoms with Crippen molar-refractivity contribution in [3.63, 3.8) is 0 Å². The maximum Gasteiger partial charge on any atom is 0.0194 e. The summed E-state index contributed by atoms with van der Waals surface area (Å²) >= 11 is 3.73. The van der Waals surface area contributed by atoms with Gasteiger partial charge in [0.1, 0.15) is 0 Å². The molecular formula is C12H21Br. The van der Waals surface area contributed by atoms with Gasteiger partial charge in [-0.15, -0.1) is 11.8 Å². The number of hydrogen-bond donors (Lipinski definition) is 0. The van der Waals surface area contributed by atoms with Crippen LogP contribution in [0.25, 0.3) is 0 Å². The minimum absolute atomic E-state index is 0.385. The van der Waals surface area contributed by atoms with Crippen LogP contribution >= 0.6 is 15.9 Å². The highest BCUT2D eigenvalue weighted by Gasteiger charge is 2.20. The van der Waals surface area contributed by atoms with E-state index in [0.29, 0.717) is 10.2 Å². The Kier molecular flexibility index (Phi) is 6.51. The van der Waals surface area contributed by atoms with Gasteiger partial charge in [0.15, 0.2) is 0 Å². The Morgan fingerprint density at radius 1 is 1.23 bits per heavy atom. The topological polar surface area (TPSA) is 0 Å². The average molecular weight is 245 g/mol. The highest BCUT2D eigenvalue weighted by molar-refractivity contribution is 9.09. The second-order valence-corrected chi connectivity index (χ2v) is 5.61. The van der Waals surface area contributed by atoms with Crippen LogP contribution in [-0.2, 0) is 0 Å². The molecule has 0 bridgehead atoms. The molecule has 0 heterocycles. The van der Waals surface area contributed by atoms with Crippen molar-refractivity contribution in [1.82, 2.24) is 0 Å². The standard InChI is InChI=1S/C12H21Br/c1-5-6-7-8-9-10-11(13)12(2,3)4/h11H,7-10H2,1-4H3. The Labute approximate surface area is 91.6 Å². The summed E-state index contributed by atoms with van der Waals surface area (Å²) in [6.45, 7) is 8.73. The van der Waals surface area contributed by atoms with Crippen molar-refractivity contribution in [3.05, 3.63) is 0 Å². The first-order chi connectivity index (χ1) is 5.98. The molecular weight excluding hydrogens is 224 g/mol. The average Bonchev–Trinajstić information content (AvgIpc) is 2.02. The number of hydrogen-bond acceptors (Lipinski definition) is 0. The lowest BCUT2D eigenvalue weighted by atomic mass is 9.89. The summed E-state index contributed by atoms with van der Waals surface area (Å²) in [4.78, 5) is 0.634. The molecule has 0 aromatic rings. The summed E-state index contributed by atoms with van der Waals surface area (Å²) in [6.07, 6.45) is 4.83. The molecule has 0 amide bonds. The van der Waals surface area contributed by atoms with E-state index in [4.69, 9.17) is 0 Å². The molecule has 1 atom stereocenters. The largest absolute Gasteiger partial charge is 0.107 e. The van der Waals surface area contributed by atoms with Gasteiger partial charge in [-0.2, -0.15) is 0 Å². The summed E-state index contributed by atoms with van der Waals surface area (Å²) in [7, 11) is 0. The molecule has 0 N–H and O–H groups in total. The second kappa shape index (κ2) is 6.49. The first-order valence-electron chi connectivity index (χ1n) is 5.02. The summed E-state index contributed by atoms with van der Waals surface area (Å²) in [5.41, 5.74) is 0.385. The normalized spacial score (nSPS) is 13.3. The van der Waals surface area contributed by atoms with Gasteiger partial charge in [0.05, 0.1) is 0 Å². The molecule has 0 saturated heterocycles. The van der Waals surface area contributed by atoms with E-state index in [1.165, 1.54) is 19.3 Å². The third kappa shape index (κ3) is 7.14. The van der Waals surface area contributed by atoms with Crippen molar-refractivity contribution in [1.29, 1.82) is 0 Å². The van der Waals surface area contributed by atoms with E-state index in [2.05, 4.69) is 48.5 Å². The van der Waals surface area contributed by atoms with Crippen molar-refractivity contribution in [3.8, 4) is 11.8 Å². The van der Waals surface area contributed by atoms with Gasteiger partial charge in [-0.3, -0.25) is 0 Å². The van der Waals surface area contributed by atoms with E-state index in [-0.39, 0.29) is 0 Å². The lowest BCUT2D eigenvalue weighted by Crippen LogP contribution is -2.19. The molecule has 0 aliphatic rings. The van der Waals surface area contributed by atoms with Crippen LogP contribution in [0.5, 0.6) is 0 Å². The van der Waals surface area contributed by atoms with Crippen molar-refractivity contribution < 1.29 is 0 Å². The number of halogens is 1. The van der Waals surface area contributed by atoms with E-state index in [9.17, 15) is 0 Å². The van der Waals surface area contributed by atoms with Crippen LogP contribution in [0.2, 0.25) is 0 Å². The second-order valence-electron chi connectivity index (χ2n) is 4.51. The Morgan fingerprint density at radius 2 is 1.85 bits per heavy atom. The molecule has 0 aliphatic heterocycles. The zero-order chi connectivity index (χ0) is 10.3. The molecule has 0 aromatic heterocycles. The van der Waals surface area contributed by atoms with Gasteiger partial charge in [-0.05, 0) is 25.2 Å². The molecule has 0 aliphatic carbocycles. The Bertz CT molecular complexity index is 178. The van der Waals surface area contributed by atoms with Crippen molar-refractivity contribution in [2.45, 2.75) is 58.2 Å². The smallest absolute Gasteiger partial charge is 0.0194 e. The maximum absolute atomic E-state index is 3.73. The highest BCUT2D eigenvalue weighted by atomic mass is 79.9. The molecule has 0 fully saturated rings. The Hall–Kier alpha value is 0.0400. The molecule has 76 valence electrons. The van der Waals surface area contributed by atoms with E-state index in [1.54, 1.807) is 0 Å². The number of unbranched alkanes of at least 4 members (excludes halogenated alkanes) is 2. The minimum atomic E-state index is 0.385. The van der Waals surface area contributed by atoms with Gasteiger partial charge in [0.25, 0.3) is 0 Å². The fraction of sp³-hybridized carbons (Fsp3) is 0.833. The summed E-state index contributed by atoms with van der Waals surface area (Å²) in [5.74, 6) is 6.02. The monoisotopic (exact) mass is 244 g/mol. The quantitative estimate of drug-likeness (QED) is 0.391. The molecule has 0 radical (unpaired) electrons. The first-order valence-corrected chi connectivity index (χ1v) is 5.93. The molecule has 0 spiro atoms. The van der Waals surface area contributed by atoms with Gasteiger partial charge >= 0.3 is 0 Å². The first kappa shape index (κ1) is 13.0. The third-order valence-electron chi connectivity index (χ3n) is 2.13. The zero-order valence-corrected chi connectivity index (χ0v) is 10.9. The number of rotatable bonds is 4. The predicted molar refractivity (Wildman–Crippen MR) is 64.1 cm³/mol. The van der Waals surface area contributed by atoms with Gasteiger partial charge < -0.3 is 0 Å². The number of alkyl halides is 1. The van der Waals surface area contributed by atoms with Crippen LogP contribution in [0.15, 0.2) is 0 Å². The molecule has 0 nitrogen and oxygen atoms in total. The lowest BCUT2D eigenvalue weighted by Gasteiger charge is -2.25. The van der Waals surface area contributed by atoms with Crippen LogP contribution in [0, 0.1) is 17.3 Å².